The van der Waals surface area contributed by atoms with E-state index in [9.17, 15) is 4.79 Å². The molecule has 2 heterocycles. The van der Waals surface area contributed by atoms with E-state index in [0.717, 1.165) is 10.6 Å². The summed E-state index contributed by atoms with van der Waals surface area (Å²) in [4.78, 5) is 13.0. The first kappa shape index (κ1) is 15.7. The molecule has 0 saturated carbocycles. The number of carbonyl (C=O) groups excluding carboxylic acids is 1. The van der Waals surface area contributed by atoms with Crippen molar-refractivity contribution in [2.45, 2.75) is 19.4 Å². The number of nitrogens with zero attached hydrogens (tertiary/aromatic N) is 1. The van der Waals surface area contributed by atoms with Gasteiger partial charge in [-0.1, -0.05) is 6.07 Å². The Hall–Kier alpha value is -1.37. The van der Waals surface area contributed by atoms with Crippen LogP contribution in [0.2, 0.25) is 0 Å². The molecule has 2 aromatic heterocycles. The minimum absolute atomic E-state index is 0. The summed E-state index contributed by atoms with van der Waals surface area (Å²) in [7, 11) is 0. The van der Waals surface area contributed by atoms with E-state index in [-0.39, 0.29) is 18.3 Å². The Bertz CT molecular complexity index is 536. The zero-order valence-electron chi connectivity index (χ0n) is 10.8. The quantitative estimate of drug-likeness (QED) is 0.808. The Morgan fingerprint density at radius 3 is 2.89 bits per heavy atom. The van der Waals surface area contributed by atoms with Gasteiger partial charge in [-0.3, -0.25) is 9.89 Å². The monoisotopic (exact) mass is 300 g/mol. The summed E-state index contributed by atoms with van der Waals surface area (Å²) in [6.45, 7) is 4.12. The van der Waals surface area contributed by atoms with E-state index in [0.29, 0.717) is 12.2 Å². The van der Waals surface area contributed by atoms with E-state index in [1.807, 2.05) is 31.4 Å². The van der Waals surface area contributed by atoms with Gasteiger partial charge < -0.3 is 11.1 Å². The van der Waals surface area contributed by atoms with Gasteiger partial charge in [-0.15, -0.1) is 23.7 Å². The number of halogens is 1. The van der Waals surface area contributed by atoms with E-state index in [2.05, 4.69) is 15.5 Å². The molecule has 0 atom stereocenters. The summed E-state index contributed by atoms with van der Waals surface area (Å²) in [5.74, 6) is -0.218. The number of aromatic amines is 1. The van der Waals surface area contributed by atoms with E-state index in [1.54, 1.807) is 17.4 Å². The summed E-state index contributed by atoms with van der Waals surface area (Å²) >= 11 is 1.60. The predicted octanol–water partition coefficient (Wildman–Crippen LogP) is 2.03. The first-order valence-corrected chi connectivity index (χ1v) is 6.52. The number of carbonyl (C=O) groups is 1. The third-order valence-corrected chi connectivity index (χ3v) is 3.46. The smallest absolute Gasteiger partial charge is 0.272 e. The van der Waals surface area contributed by atoms with Gasteiger partial charge >= 0.3 is 0 Å². The SMILES string of the molecule is CC(C)(CN)NC(=O)c1cc(-c2cccs2)[nH]n1.Cl. The number of hydrogen-bond donors (Lipinski definition) is 3. The molecule has 0 aromatic carbocycles. The number of amides is 1. The largest absolute Gasteiger partial charge is 0.344 e. The maximum atomic E-state index is 12.0. The third-order valence-electron chi connectivity index (χ3n) is 2.56. The number of rotatable bonds is 4. The van der Waals surface area contributed by atoms with Crippen molar-refractivity contribution in [3.63, 3.8) is 0 Å². The molecule has 2 aromatic rings. The topological polar surface area (TPSA) is 83.8 Å². The van der Waals surface area contributed by atoms with Crippen molar-refractivity contribution in [1.82, 2.24) is 15.5 Å². The van der Waals surface area contributed by atoms with Crippen molar-refractivity contribution in [1.29, 1.82) is 0 Å². The fraction of sp³-hybridized carbons (Fsp3) is 0.333. The number of nitrogens with one attached hydrogen (secondary N) is 2. The maximum Gasteiger partial charge on any atom is 0.272 e. The molecule has 0 radical (unpaired) electrons. The van der Waals surface area contributed by atoms with E-state index in [4.69, 9.17) is 5.73 Å². The lowest BCUT2D eigenvalue weighted by atomic mass is 10.1. The fourth-order valence-electron chi connectivity index (χ4n) is 1.42. The first-order chi connectivity index (χ1) is 8.52. The van der Waals surface area contributed by atoms with Crippen molar-refractivity contribution in [3.8, 4) is 10.6 Å². The molecule has 7 heteroatoms. The van der Waals surface area contributed by atoms with Gasteiger partial charge in [0.2, 0.25) is 0 Å². The molecule has 0 aliphatic heterocycles. The summed E-state index contributed by atoms with van der Waals surface area (Å²) in [6.07, 6.45) is 0. The van der Waals surface area contributed by atoms with E-state index in [1.165, 1.54) is 0 Å². The Balaban J connectivity index is 0.00000180. The molecule has 0 fully saturated rings. The van der Waals surface area contributed by atoms with E-state index < -0.39 is 5.54 Å². The minimum atomic E-state index is -0.431. The molecule has 0 saturated heterocycles. The number of H-pyrrole nitrogens is 1. The van der Waals surface area contributed by atoms with Crippen molar-refractivity contribution in [2.24, 2.45) is 5.73 Å². The molecule has 19 heavy (non-hydrogen) atoms. The van der Waals surface area contributed by atoms with Crippen LogP contribution in [0.4, 0.5) is 0 Å². The zero-order valence-corrected chi connectivity index (χ0v) is 12.4. The van der Waals surface area contributed by atoms with Crippen molar-refractivity contribution in [2.75, 3.05) is 6.54 Å². The lowest BCUT2D eigenvalue weighted by molar-refractivity contribution is 0.0910. The van der Waals surface area contributed by atoms with Crippen LogP contribution in [0.15, 0.2) is 23.6 Å². The Morgan fingerprint density at radius 2 is 2.32 bits per heavy atom. The molecule has 1 amide bonds. The van der Waals surface area contributed by atoms with Gasteiger partial charge in [-0.2, -0.15) is 5.10 Å². The molecule has 0 spiro atoms. The average Bonchev–Trinajstić information content (AvgIpc) is 2.99. The Labute approximate surface area is 122 Å². The molecular weight excluding hydrogens is 284 g/mol. The van der Waals surface area contributed by atoms with Gasteiger partial charge in [0.1, 0.15) is 0 Å². The molecule has 0 bridgehead atoms. The van der Waals surface area contributed by atoms with Crippen LogP contribution in [0.3, 0.4) is 0 Å². The number of thiophene rings is 1. The molecule has 4 N–H and O–H groups in total. The van der Waals surface area contributed by atoms with Crippen molar-refractivity contribution < 1.29 is 4.79 Å². The van der Waals surface area contributed by atoms with Crippen LogP contribution in [0.5, 0.6) is 0 Å². The molecule has 0 aliphatic rings. The highest BCUT2D eigenvalue weighted by Gasteiger charge is 2.21. The van der Waals surface area contributed by atoms with E-state index >= 15 is 0 Å². The van der Waals surface area contributed by atoms with Crippen molar-refractivity contribution in [3.05, 3.63) is 29.3 Å². The molecule has 5 nitrogen and oxygen atoms in total. The molecule has 0 unspecified atom stereocenters. The van der Waals surface area contributed by atoms with Crippen LogP contribution in [-0.2, 0) is 0 Å². The van der Waals surface area contributed by atoms with Crippen LogP contribution in [0, 0.1) is 0 Å². The normalized spacial score (nSPS) is 10.9. The van der Waals surface area contributed by atoms with Gasteiger partial charge in [0.25, 0.3) is 5.91 Å². The van der Waals surface area contributed by atoms with Gasteiger partial charge in [-0.05, 0) is 31.4 Å². The van der Waals surface area contributed by atoms with Crippen LogP contribution < -0.4 is 11.1 Å². The molecule has 0 aliphatic carbocycles. The van der Waals surface area contributed by atoms with Gasteiger partial charge in [0, 0.05) is 12.1 Å². The molecular formula is C12H17ClN4OS. The average molecular weight is 301 g/mol. The van der Waals surface area contributed by atoms with Crippen LogP contribution in [-0.4, -0.2) is 28.2 Å². The van der Waals surface area contributed by atoms with Gasteiger partial charge in [0.15, 0.2) is 5.69 Å². The van der Waals surface area contributed by atoms with Gasteiger partial charge in [0.05, 0.1) is 10.6 Å². The number of nitrogens with two attached hydrogens (primary N) is 1. The summed E-state index contributed by atoms with van der Waals surface area (Å²) in [6, 6.07) is 5.68. The second kappa shape index (κ2) is 6.18. The number of aromatic nitrogens is 2. The highest BCUT2D eigenvalue weighted by molar-refractivity contribution is 7.13. The Morgan fingerprint density at radius 1 is 1.58 bits per heavy atom. The fourth-order valence-corrected chi connectivity index (χ4v) is 2.11. The van der Waals surface area contributed by atoms with Crippen LogP contribution in [0.25, 0.3) is 10.6 Å². The maximum absolute atomic E-state index is 12.0. The summed E-state index contributed by atoms with van der Waals surface area (Å²) in [5.41, 5.74) is 6.37. The van der Waals surface area contributed by atoms with Crippen LogP contribution >= 0.6 is 23.7 Å². The van der Waals surface area contributed by atoms with Crippen LogP contribution in [0.1, 0.15) is 24.3 Å². The summed E-state index contributed by atoms with van der Waals surface area (Å²) < 4.78 is 0. The highest BCUT2D eigenvalue weighted by Crippen LogP contribution is 2.22. The minimum Gasteiger partial charge on any atom is -0.344 e. The van der Waals surface area contributed by atoms with Crippen molar-refractivity contribution >= 4 is 29.7 Å². The standard InChI is InChI=1S/C12H16N4OS.ClH/c1-12(2,7-13)14-11(17)9-6-8(15-16-9)10-4-3-5-18-10;/h3-6H,7,13H2,1-2H3,(H,14,17)(H,15,16);1H. The number of hydrogen-bond acceptors (Lipinski definition) is 4. The zero-order chi connectivity index (χ0) is 13.2. The lowest BCUT2D eigenvalue weighted by Crippen LogP contribution is -2.48. The Kier molecular flexibility index (Phi) is 5.11. The highest BCUT2D eigenvalue weighted by atomic mass is 35.5. The predicted molar refractivity (Wildman–Crippen MR) is 79.7 cm³/mol. The first-order valence-electron chi connectivity index (χ1n) is 5.64. The third kappa shape index (κ3) is 3.79. The molecule has 104 valence electrons. The van der Waals surface area contributed by atoms with Gasteiger partial charge in [-0.25, -0.2) is 0 Å². The summed E-state index contributed by atoms with van der Waals surface area (Å²) in [5, 5.41) is 11.7. The molecule has 2 rings (SSSR count). The second-order valence-corrected chi connectivity index (χ2v) is 5.63. The lowest BCUT2D eigenvalue weighted by Gasteiger charge is -2.23. The second-order valence-electron chi connectivity index (χ2n) is 4.69.